The van der Waals surface area contributed by atoms with E-state index in [0.29, 0.717) is 65.0 Å². The third-order valence-electron chi connectivity index (χ3n) is 6.87. The zero-order valence-electron chi connectivity index (χ0n) is 16.9. The smallest absolute Gasteiger partial charge is 0.325 e. The van der Waals surface area contributed by atoms with E-state index in [1.807, 2.05) is 16.3 Å². The predicted octanol–water partition coefficient (Wildman–Crippen LogP) is 1.75. The lowest BCUT2D eigenvalue weighted by atomic mass is 9.78. The van der Waals surface area contributed by atoms with Crippen molar-refractivity contribution < 1.29 is 23.9 Å². The van der Waals surface area contributed by atoms with Crippen LogP contribution in [-0.2, 0) is 25.5 Å². The van der Waals surface area contributed by atoms with Crippen LogP contribution in [0.25, 0.3) is 0 Å². The molecule has 5 rings (SSSR count). The summed E-state index contributed by atoms with van der Waals surface area (Å²) in [5.41, 5.74) is -0.848. The molecule has 1 atom stereocenters. The number of hydrogen-bond donors (Lipinski definition) is 1. The van der Waals surface area contributed by atoms with Crippen molar-refractivity contribution in [2.45, 2.75) is 49.9 Å². The van der Waals surface area contributed by atoms with Gasteiger partial charge < -0.3 is 19.7 Å². The summed E-state index contributed by atoms with van der Waals surface area (Å²) in [5, 5.41) is 4.98. The van der Waals surface area contributed by atoms with Crippen LogP contribution in [0.2, 0.25) is 0 Å². The van der Waals surface area contributed by atoms with Crippen molar-refractivity contribution in [2.24, 2.45) is 5.92 Å². The largest absolute Gasteiger partial charge is 0.348 e. The summed E-state index contributed by atoms with van der Waals surface area (Å²) in [4.78, 5) is 42.7. The summed E-state index contributed by atoms with van der Waals surface area (Å²) < 4.78 is 11.5. The maximum absolute atomic E-state index is 13.2. The van der Waals surface area contributed by atoms with Crippen LogP contribution in [-0.4, -0.2) is 71.8 Å². The minimum atomic E-state index is -0.848. The Morgan fingerprint density at radius 1 is 1.13 bits per heavy atom. The van der Waals surface area contributed by atoms with Crippen LogP contribution in [0.1, 0.15) is 37.0 Å². The lowest BCUT2D eigenvalue weighted by Gasteiger charge is -2.39. The fraction of sp³-hybridized carbons (Fsp3) is 0.667. The Labute approximate surface area is 179 Å². The number of thiophene rings is 1. The van der Waals surface area contributed by atoms with Gasteiger partial charge in [0, 0.05) is 49.7 Å². The van der Waals surface area contributed by atoms with Crippen molar-refractivity contribution in [3.8, 4) is 0 Å². The van der Waals surface area contributed by atoms with Gasteiger partial charge in [-0.1, -0.05) is 6.07 Å². The molecule has 3 saturated heterocycles. The van der Waals surface area contributed by atoms with Crippen LogP contribution in [0, 0.1) is 5.92 Å². The van der Waals surface area contributed by atoms with Crippen LogP contribution in [0.3, 0.4) is 0 Å². The molecule has 0 radical (unpaired) electrons. The number of imide groups is 1. The Balaban J connectivity index is 1.18. The van der Waals surface area contributed by atoms with Crippen molar-refractivity contribution in [3.63, 3.8) is 0 Å². The second-order valence-corrected chi connectivity index (χ2v) is 9.81. The van der Waals surface area contributed by atoms with E-state index < -0.39 is 11.3 Å². The molecule has 0 bridgehead atoms. The van der Waals surface area contributed by atoms with Gasteiger partial charge in [-0.3, -0.25) is 14.5 Å². The first kappa shape index (κ1) is 20.0. The highest BCUT2D eigenvalue weighted by Crippen LogP contribution is 2.43. The SMILES string of the molecule is O=C1CC(CN2C(=O)NC3(CCC4(CC3)OCCO4)C2=O)CN1CCc1cccs1. The summed E-state index contributed by atoms with van der Waals surface area (Å²) in [7, 11) is 0. The number of amides is 4. The van der Waals surface area contributed by atoms with Gasteiger partial charge in [0.15, 0.2) is 5.79 Å². The summed E-state index contributed by atoms with van der Waals surface area (Å²) in [6.07, 6.45) is 3.47. The van der Waals surface area contributed by atoms with Gasteiger partial charge in [-0.25, -0.2) is 4.79 Å². The Morgan fingerprint density at radius 3 is 2.60 bits per heavy atom. The average Bonchev–Trinajstić information content (AvgIpc) is 3.51. The zero-order valence-corrected chi connectivity index (χ0v) is 17.7. The average molecular weight is 434 g/mol. The first-order chi connectivity index (χ1) is 14.5. The predicted molar refractivity (Wildman–Crippen MR) is 109 cm³/mol. The molecule has 1 unspecified atom stereocenters. The molecule has 1 aromatic heterocycles. The number of carbonyl (C=O) groups is 3. The Bertz CT molecular complexity index is 826. The number of carbonyl (C=O) groups excluding carboxylic acids is 3. The van der Waals surface area contributed by atoms with Crippen LogP contribution in [0.15, 0.2) is 17.5 Å². The van der Waals surface area contributed by atoms with E-state index in [1.165, 1.54) is 9.78 Å². The highest BCUT2D eigenvalue weighted by Gasteiger charge is 2.56. The standard InChI is InChI=1S/C21H27N3O5S/c25-17-12-15(13-23(17)8-3-16-2-1-11-30-16)14-24-18(26)20(22-19(24)27)4-6-21(7-5-20)28-9-10-29-21/h1-2,11,15H,3-10,12-14H2,(H,22,27). The molecule has 1 N–H and O–H groups in total. The van der Waals surface area contributed by atoms with E-state index in [2.05, 4.69) is 11.4 Å². The van der Waals surface area contributed by atoms with E-state index in [-0.39, 0.29) is 23.8 Å². The van der Waals surface area contributed by atoms with E-state index in [1.54, 1.807) is 11.3 Å². The second-order valence-electron chi connectivity index (χ2n) is 8.77. The molecule has 1 aliphatic carbocycles. The molecule has 1 saturated carbocycles. The molecule has 30 heavy (non-hydrogen) atoms. The Morgan fingerprint density at radius 2 is 1.90 bits per heavy atom. The maximum atomic E-state index is 13.2. The molecule has 4 aliphatic rings. The summed E-state index contributed by atoms with van der Waals surface area (Å²) in [6.45, 7) is 2.74. The van der Waals surface area contributed by atoms with Gasteiger partial charge >= 0.3 is 6.03 Å². The molecule has 2 spiro atoms. The second kappa shape index (κ2) is 7.62. The third-order valence-corrected chi connectivity index (χ3v) is 7.80. The number of urea groups is 1. The molecular formula is C21H27N3O5S. The minimum Gasteiger partial charge on any atom is -0.348 e. The molecule has 162 valence electrons. The topological polar surface area (TPSA) is 88.2 Å². The zero-order chi connectivity index (χ0) is 20.8. The monoisotopic (exact) mass is 433 g/mol. The lowest BCUT2D eigenvalue weighted by molar-refractivity contribution is -0.186. The summed E-state index contributed by atoms with van der Waals surface area (Å²) >= 11 is 1.69. The molecule has 8 nitrogen and oxygen atoms in total. The number of rotatable bonds is 5. The number of hydrogen-bond acceptors (Lipinski definition) is 6. The van der Waals surface area contributed by atoms with Crippen molar-refractivity contribution in [1.29, 1.82) is 0 Å². The van der Waals surface area contributed by atoms with E-state index >= 15 is 0 Å². The molecule has 3 aliphatic heterocycles. The van der Waals surface area contributed by atoms with Crippen LogP contribution >= 0.6 is 11.3 Å². The lowest BCUT2D eigenvalue weighted by Crippen LogP contribution is -2.53. The van der Waals surface area contributed by atoms with Crippen molar-refractivity contribution >= 4 is 29.2 Å². The summed E-state index contributed by atoms with van der Waals surface area (Å²) in [5.74, 6) is -0.648. The summed E-state index contributed by atoms with van der Waals surface area (Å²) in [6, 6.07) is 3.75. The molecule has 0 aromatic carbocycles. The molecule has 4 heterocycles. The fourth-order valence-corrected chi connectivity index (χ4v) is 5.87. The maximum Gasteiger partial charge on any atom is 0.325 e. The Kier molecular flexibility index (Phi) is 5.07. The first-order valence-electron chi connectivity index (χ1n) is 10.7. The van der Waals surface area contributed by atoms with Crippen LogP contribution < -0.4 is 5.32 Å². The number of nitrogens with one attached hydrogen (secondary N) is 1. The fourth-order valence-electron chi connectivity index (χ4n) is 5.17. The van der Waals surface area contributed by atoms with Gasteiger partial charge in [0.05, 0.1) is 13.2 Å². The normalized spacial score (nSPS) is 27.6. The van der Waals surface area contributed by atoms with Gasteiger partial charge in [-0.05, 0) is 30.7 Å². The van der Waals surface area contributed by atoms with E-state index in [0.717, 1.165) is 6.42 Å². The molecular weight excluding hydrogens is 406 g/mol. The van der Waals surface area contributed by atoms with E-state index in [9.17, 15) is 14.4 Å². The minimum absolute atomic E-state index is 0.0119. The molecule has 4 amide bonds. The first-order valence-corrected chi connectivity index (χ1v) is 11.6. The van der Waals surface area contributed by atoms with Crippen molar-refractivity contribution in [1.82, 2.24) is 15.1 Å². The molecule has 9 heteroatoms. The number of ether oxygens (including phenoxy) is 2. The van der Waals surface area contributed by atoms with Gasteiger partial charge in [0.2, 0.25) is 5.91 Å². The molecule has 1 aromatic rings. The third kappa shape index (κ3) is 3.52. The van der Waals surface area contributed by atoms with Crippen molar-refractivity contribution in [3.05, 3.63) is 22.4 Å². The number of nitrogens with zero attached hydrogens (tertiary/aromatic N) is 2. The van der Waals surface area contributed by atoms with E-state index in [4.69, 9.17) is 9.47 Å². The van der Waals surface area contributed by atoms with Crippen LogP contribution in [0.4, 0.5) is 4.79 Å². The highest BCUT2D eigenvalue weighted by atomic mass is 32.1. The van der Waals surface area contributed by atoms with Crippen molar-refractivity contribution in [2.75, 3.05) is 32.8 Å². The number of likely N-dealkylation sites (tertiary alicyclic amines) is 1. The van der Waals surface area contributed by atoms with Gasteiger partial charge in [0.1, 0.15) is 5.54 Å². The van der Waals surface area contributed by atoms with Gasteiger partial charge in [-0.15, -0.1) is 11.3 Å². The quantitative estimate of drug-likeness (QED) is 0.715. The Hall–Kier alpha value is -1.97. The molecule has 4 fully saturated rings. The van der Waals surface area contributed by atoms with Gasteiger partial charge in [-0.2, -0.15) is 0 Å². The van der Waals surface area contributed by atoms with Gasteiger partial charge in [0.25, 0.3) is 5.91 Å². The van der Waals surface area contributed by atoms with Crippen LogP contribution in [0.5, 0.6) is 0 Å². The highest BCUT2D eigenvalue weighted by molar-refractivity contribution is 7.09.